The summed E-state index contributed by atoms with van der Waals surface area (Å²) < 4.78 is 15.8. The predicted molar refractivity (Wildman–Crippen MR) is 111 cm³/mol. The zero-order valence-electron chi connectivity index (χ0n) is 16.1. The van der Waals surface area contributed by atoms with E-state index in [1.54, 1.807) is 55.7 Å². The Bertz CT molecular complexity index is 1020. The molecule has 29 heavy (non-hydrogen) atoms. The molecule has 0 atom stereocenters. The average molecular weight is 388 g/mol. The Kier molecular flexibility index (Phi) is 6.43. The maximum absolute atomic E-state index is 12.7. The molecule has 0 amide bonds. The lowest BCUT2D eigenvalue weighted by Crippen LogP contribution is -2.11. The molecule has 0 saturated heterocycles. The van der Waals surface area contributed by atoms with Crippen molar-refractivity contribution in [3.63, 3.8) is 0 Å². The lowest BCUT2D eigenvalue weighted by Gasteiger charge is -2.10. The highest BCUT2D eigenvalue weighted by molar-refractivity contribution is 6.09. The molecular formula is C24H20O5. The largest absolute Gasteiger partial charge is 0.497 e. The molecule has 3 aromatic rings. The van der Waals surface area contributed by atoms with Gasteiger partial charge < -0.3 is 14.2 Å². The molecule has 5 nitrogen and oxygen atoms in total. The maximum atomic E-state index is 12.7. The van der Waals surface area contributed by atoms with Crippen molar-refractivity contribution in [1.82, 2.24) is 0 Å². The normalized spacial score (nSPS) is 10.6. The fourth-order valence-electron chi connectivity index (χ4n) is 2.63. The van der Waals surface area contributed by atoms with Gasteiger partial charge in [-0.2, -0.15) is 0 Å². The van der Waals surface area contributed by atoms with Crippen molar-refractivity contribution in [2.45, 2.75) is 0 Å². The number of rotatable bonds is 7. The second kappa shape index (κ2) is 9.37. The topological polar surface area (TPSA) is 61.8 Å². The lowest BCUT2D eigenvalue weighted by molar-refractivity contribution is 0.0733. The van der Waals surface area contributed by atoms with Crippen molar-refractivity contribution >= 4 is 17.8 Å². The third-order valence-corrected chi connectivity index (χ3v) is 4.21. The van der Waals surface area contributed by atoms with Crippen molar-refractivity contribution in [2.75, 3.05) is 14.2 Å². The molecule has 0 aromatic heterocycles. The molecule has 0 spiro atoms. The highest BCUT2D eigenvalue weighted by Crippen LogP contribution is 2.27. The van der Waals surface area contributed by atoms with Gasteiger partial charge in [-0.25, -0.2) is 4.79 Å². The monoisotopic (exact) mass is 388 g/mol. The zero-order valence-corrected chi connectivity index (χ0v) is 16.1. The minimum atomic E-state index is -0.549. The summed E-state index contributed by atoms with van der Waals surface area (Å²) in [6, 6.07) is 20.6. The van der Waals surface area contributed by atoms with E-state index in [-0.39, 0.29) is 17.1 Å². The minimum Gasteiger partial charge on any atom is -0.497 e. The van der Waals surface area contributed by atoms with Gasteiger partial charge in [-0.15, -0.1) is 0 Å². The van der Waals surface area contributed by atoms with E-state index in [4.69, 9.17) is 14.2 Å². The molecule has 5 heteroatoms. The van der Waals surface area contributed by atoms with Crippen molar-refractivity contribution < 1.29 is 23.8 Å². The smallest absolute Gasteiger partial charge is 0.343 e. The van der Waals surface area contributed by atoms with Crippen LogP contribution in [0.2, 0.25) is 0 Å². The highest BCUT2D eigenvalue weighted by atomic mass is 16.5. The van der Waals surface area contributed by atoms with E-state index in [1.165, 1.54) is 19.3 Å². The molecule has 0 aliphatic carbocycles. The first-order chi connectivity index (χ1) is 14.1. The number of hydrogen-bond donors (Lipinski definition) is 0. The molecule has 3 rings (SSSR count). The van der Waals surface area contributed by atoms with Crippen molar-refractivity contribution in [3.8, 4) is 17.2 Å². The molecule has 0 unspecified atom stereocenters. The number of ether oxygens (including phenoxy) is 3. The zero-order chi connectivity index (χ0) is 20.6. The fourth-order valence-corrected chi connectivity index (χ4v) is 2.63. The van der Waals surface area contributed by atoms with E-state index in [0.717, 1.165) is 11.3 Å². The molecule has 0 aliphatic heterocycles. The van der Waals surface area contributed by atoms with Crippen LogP contribution in [0.15, 0.2) is 78.9 Å². The van der Waals surface area contributed by atoms with Gasteiger partial charge in [0.2, 0.25) is 0 Å². The molecule has 3 aromatic carbocycles. The van der Waals surface area contributed by atoms with Crippen molar-refractivity contribution in [1.29, 1.82) is 0 Å². The van der Waals surface area contributed by atoms with E-state index in [1.807, 2.05) is 24.3 Å². The first kappa shape index (κ1) is 19.9. The van der Waals surface area contributed by atoms with Crippen LogP contribution >= 0.6 is 0 Å². The molecule has 0 heterocycles. The standard InChI is InChI=1S/C24H20O5/c1-27-19-11-8-17(9-12-19)10-15-22(25)21-14-13-20(28-2)16-23(21)29-24(26)18-6-4-3-5-7-18/h3-16H,1-2H3/b15-10+. The Morgan fingerprint density at radius 1 is 0.793 bits per heavy atom. The molecule has 0 radical (unpaired) electrons. The first-order valence-electron chi connectivity index (χ1n) is 8.92. The molecule has 0 saturated carbocycles. The van der Waals surface area contributed by atoms with Gasteiger partial charge in [0, 0.05) is 6.07 Å². The summed E-state index contributed by atoms with van der Waals surface area (Å²) in [5.74, 6) is 0.518. The van der Waals surface area contributed by atoms with Gasteiger partial charge in [-0.3, -0.25) is 4.79 Å². The number of benzene rings is 3. The van der Waals surface area contributed by atoms with Crippen LogP contribution in [0.3, 0.4) is 0 Å². The van der Waals surface area contributed by atoms with Crippen LogP contribution in [-0.2, 0) is 0 Å². The summed E-state index contributed by atoms with van der Waals surface area (Å²) in [6.07, 6.45) is 3.12. The SMILES string of the molecule is COc1ccc(/C=C/C(=O)c2ccc(OC)cc2OC(=O)c2ccccc2)cc1. The van der Waals surface area contributed by atoms with E-state index in [9.17, 15) is 9.59 Å². The van der Waals surface area contributed by atoms with Gasteiger partial charge >= 0.3 is 5.97 Å². The molecule has 0 aliphatic rings. The number of esters is 1. The van der Waals surface area contributed by atoms with Crippen molar-refractivity contribution in [2.24, 2.45) is 0 Å². The second-order valence-electron chi connectivity index (χ2n) is 6.09. The van der Waals surface area contributed by atoms with Crippen LogP contribution in [0.25, 0.3) is 6.08 Å². The molecule has 0 N–H and O–H groups in total. The third-order valence-electron chi connectivity index (χ3n) is 4.21. The van der Waals surface area contributed by atoms with Crippen LogP contribution in [0.4, 0.5) is 0 Å². The van der Waals surface area contributed by atoms with Gasteiger partial charge in [-0.1, -0.05) is 36.4 Å². The van der Waals surface area contributed by atoms with Gasteiger partial charge in [0.25, 0.3) is 0 Å². The van der Waals surface area contributed by atoms with E-state index >= 15 is 0 Å². The van der Waals surface area contributed by atoms with E-state index < -0.39 is 5.97 Å². The summed E-state index contributed by atoms with van der Waals surface area (Å²) in [5.41, 5.74) is 1.50. The number of methoxy groups -OCH3 is 2. The number of ketones is 1. The maximum Gasteiger partial charge on any atom is 0.343 e. The Balaban J connectivity index is 1.84. The van der Waals surface area contributed by atoms with Crippen LogP contribution in [0.1, 0.15) is 26.3 Å². The summed E-state index contributed by atoms with van der Waals surface area (Å²) in [7, 11) is 3.10. The van der Waals surface area contributed by atoms with Gasteiger partial charge in [-0.05, 0) is 48.0 Å². The number of allylic oxidation sites excluding steroid dienone is 1. The molecule has 0 bridgehead atoms. The third kappa shape index (κ3) is 5.11. The van der Waals surface area contributed by atoms with Crippen LogP contribution < -0.4 is 14.2 Å². The summed E-state index contributed by atoms with van der Waals surface area (Å²) >= 11 is 0. The Morgan fingerprint density at radius 2 is 1.45 bits per heavy atom. The second-order valence-corrected chi connectivity index (χ2v) is 6.09. The van der Waals surface area contributed by atoms with E-state index in [0.29, 0.717) is 11.3 Å². The summed E-state index contributed by atoms with van der Waals surface area (Å²) in [4.78, 5) is 25.2. The Labute approximate surface area is 169 Å². The lowest BCUT2D eigenvalue weighted by atomic mass is 10.1. The van der Waals surface area contributed by atoms with Crippen LogP contribution in [0, 0.1) is 0 Å². The minimum absolute atomic E-state index is 0.141. The van der Waals surface area contributed by atoms with Gasteiger partial charge in [0.15, 0.2) is 5.78 Å². The number of carbonyl (C=O) groups excluding carboxylic acids is 2. The van der Waals surface area contributed by atoms with Gasteiger partial charge in [0.05, 0.1) is 25.3 Å². The number of carbonyl (C=O) groups is 2. The Hall–Kier alpha value is -3.86. The fraction of sp³-hybridized carbons (Fsp3) is 0.0833. The van der Waals surface area contributed by atoms with Crippen LogP contribution in [-0.4, -0.2) is 26.0 Å². The molecule has 146 valence electrons. The summed E-state index contributed by atoms with van der Waals surface area (Å²) in [5, 5.41) is 0. The summed E-state index contributed by atoms with van der Waals surface area (Å²) in [6.45, 7) is 0. The van der Waals surface area contributed by atoms with Crippen molar-refractivity contribution in [3.05, 3.63) is 95.6 Å². The number of hydrogen-bond acceptors (Lipinski definition) is 5. The predicted octanol–water partition coefficient (Wildman–Crippen LogP) is 4.82. The van der Waals surface area contributed by atoms with E-state index in [2.05, 4.69) is 0 Å². The first-order valence-corrected chi connectivity index (χ1v) is 8.92. The average Bonchev–Trinajstić information content (AvgIpc) is 2.78. The van der Waals surface area contributed by atoms with Crippen LogP contribution in [0.5, 0.6) is 17.2 Å². The van der Waals surface area contributed by atoms with Gasteiger partial charge in [0.1, 0.15) is 17.2 Å². The molecule has 0 fully saturated rings. The quantitative estimate of drug-likeness (QED) is 0.251. The highest BCUT2D eigenvalue weighted by Gasteiger charge is 2.16. The molecular weight excluding hydrogens is 368 g/mol. The Morgan fingerprint density at radius 3 is 2.10 bits per heavy atom.